The van der Waals surface area contributed by atoms with Crippen molar-refractivity contribution in [1.29, 1.82) is 0 Å². The third kappa shape index (κ3) is 2.39. The number of para-hydroxylation sites is 1. The van der Waals surface area contributed by atoms with Crippen molar-refractivity contribution in [3.63, 3.8) is 0 Å². The van der Waals surface area contributed by atoms with Gasteiger partial charge in [0.15, 0.2) is 11.5 Å². The summed E-state index contributed by atoms with van der Waals surface area (Å²) in [6.07, 6.45) is 1.94. The lowest BCUT2D eigenvalue weighted by Gasteiger charge is -2.16. The number of fused-ring (bicyclic) bond motifs is 1. The van der Waals surface area contributed by atoms with E-state index in [0.717, 1.165) is 17.2 Å². The summed E-state index contributed by atoms with van der Waals surface area (Å²) < 4.78 is 3.65. The summed E-state index contributed by atoms with van der Waals surface area (Å²) in [4.78, 5) is 1.94. The average molecular weight is 306 g/mol. The molecule has 0 aliphatic carbocycles. The number of benzene rings is 1. The summed E-state index contributed by atoms with van der Waals surface area (Å²) in [5.74, 6) is 1.47. The normalized spacial score (nSPS) is 11.0. The first-order chi connectivity index (χ1) is 11.3. The van der Waals surface area contributed by atoms with Gasteiger partial charge in [-0.3, -0.25) is 4.40 Å². The van der Waals surface area contributed by atoms with E-state index in [1.54, 1.807) is 4.68 Å². The van der Waals surface area contributed by atoms with Crippen LogP contribution in [-0.2, 0) is 6.54 Å². The number of hydrogen-bond acceptors (Lipinski definition) is 6. The molecule has 0 bridgehead atoms. The van der Waals surface area contributed by atoms with Gasteiger partial charge in [-0.2, -0.15) is 4.68 Å². The van der Waals surface area contributed by atoms with Crippen molar-refractivity contribution in [3.05, 3.63) is 60.6 Å². The number of anilines is 1. The lowest BCUT2D eigenvalue weighted by molar-refractivity contribution is 0.753. The van der Waals surface area contributed by atoms with Crippen molar-refractivity contribution in [2.45, 2.75) is 6.54 Å². The molecule has 8 nitrogen and oxygen atoms in total. The Morgan fingerprint density at radius 3 is 2.65 bits per heavy atom. The van der Waals surface area contributed by atoms with E-state index in [0.29, 0.717) is 12.5 Å². The van der Waals surface area contributed by atoms with Crippen LogP contribution in [0.2, 0.25) is 0 Å². The third-order valence-corrected chi connectivity index (χ3v) is 3.56. The van der Waals surface area contributed by atoms with Gasteiger partial charge in [0.05, 0.1) is 12.2 Å². The van der Waals surface area contributed by atoms with Gasteiger partial charge in [-0.05, 0) is 34.7 Å². The van der Waals surface area contributed by atoms with Crippen molar-refractivity contribution in [2.24, 2.45) is 0 Å². The van der Waals surface area contributed by atoms with E-state index in [1.807, 2.05) is 71.1 Å². The highest BCUT2D eigenvalue weighted by molar-refractivity contribution is 5.41. The molecule has 0 spiro atoms. The second-order valence-electron chi connectivity index (χ2n) is 5.13. The molecule has 0 unspecified atom stereocenters. The predicted octanol–water partition coefficient (Wildman–Crippen LogP) is 1.34. The molecular weight excluding hydrogens is 292 g/mol. The Kier molecular flexibility index (Phi) is 3.19. The van der Waals surface area contributed by atoms with E-state index in [-0.39, 0.29) is 0 Å². The highest BCUT2D eigenvalue weighted by Crippen LogP contribution is 2.16. The summed E-state index contributed by atoms with van der Waals surface area (Å²) >= 11 is 0. The van der Waals surface area contributed by atoms with Gasteiger partial charge < -0.3 is 4.90 Å². The largest absolute Gasteiger partial charge is 0.335 e. The second-order valence-corrected chi connectivity index (χ2v) is 5.13. The molecule has 23 heavy (non-hydrogen) atoms. The van der Waals surface area contributed by atoms with E-state index in [2.05, 4.69) is 25.7 Å². The highest BCUT2D eigenvalue weighted by Gasteiger charge is 2.15. The number of aromatic nitrogens is 7. The fourth-order valence-electron chi connectivity index (χ4n) is 2.44. The number of tetrazole rings is 1. The Labute approximate surface area is 132 Å². The molecule has 4 aromatic rings. The number of pyridine rings is 1. The Hall–Kier alpha value is -3.29. The first kappa shape index (κ1) is 13.4. The predicted molar refractivity (Wildman–Crippen MR) is 84.2 cm³/mol. The maximum Gasteiger partial charge on any atom is 0.250 e. The molecule has 0 amide bonds. The highest BCUT2D eigenvalue weighted by atomic mass is 15.6. The van der Waals surface area contributed by atoms with Gasteiger partial charge in [-0.25, -0.2) is 0 Å². The van der Waals surface area contributed by atoms with Crippen molar-refractivity contribution in [1.82, 2.24) is 34.8 Å². The van der Waals surface area contributed by atoms with Crippen LogP contribution in [0.4, 0.5) is 5.95 Å². The molecule has 0 aliphatic rings. The molecule has 3 heterocycles. The van der Waals surface area contributed by atoms with Crippen LogP contribution < -0.4 is 4.90 Å². The summed E-state index contributed by atoms with van der Waals surface area (Å²) in [6.45, 7) is 0.540. The zero-order valence-corrected chi connectivity index (χ0v) is 12.5. The van der Waals surface area contributed by atoms with Gasteiger partial charge >= 0.3 is 0 Å². The van der Waals surface area contributed by atoms with Crippen LogP contribution in [0.1, 0.15) is 5.82 Å². The number of hydrogen-bond donors (Lipinski definition) is 0. The van der Waals surface area contributed by atoms with Crippen LogP contribution in [0.15, 0.2) is 54.7 Å². The van der Waals surface area contributed by atoms with Gasteiger partial charge in [0.25, 0.3) is 5.95 Å². The molecule has 3 aromatic heterocycles. The van der Waals surface area contributed by atoms with E-state index in [9.17, 15) is 0 Å². The zero-order valence-electron chi connectivity index (χ0n) is 12.5. The minimum atomic E-state index is 0.540. The molecule has 0 radical (unpaired) electrons. The summed E-state index contributed by atoms with van der Waals surface area (Å²) in [5, 5.41) is 20.4. The fraction of sp³-hybridized carbons (Fsp3) is 0.133. The molecule has 0 N–H and O–H groups in total. The smallest absolute Gasteiger partial charge is 0.250 e. The third-order valence-electron chi connectivity index (χ3n) is 3.56. The van der Waals surface area contributed by atoms with Gasteiger partial charge in [0, 0.05) is 13.2 Å². The molecular formula is C15H14N8. The van der Waals surface area contributed by atoms with Gasteiger partial charge in [-0.15, -0.1) is 10.2 Å². The Balaban J connectivity index is 1.66. The molecule has 114 valence electrons. The minimum Gasteiger partial charge on any atom is -0.335 e. The van der Waals surface area contributed by atoms with Crippen LogP contribution >= 0.6 is 0 Å². The van der Waals surface area contributed by atoms with Crippen molar-refractivity contribution in [2.75, 3.05) is 11.9 Å². The summed E-state index contributed by atoms with van der Waals surface area (Å²) in [7, 11) is 1.93. The molecule has 0 fully saturated rings. The van der Waals surface area contributed by atoms with E-state index in [4.69, 9.17) is 0 Å². The van der Waals surface area contributed by atoms with Gasteiger partial charge in [0.2, 0.25) is 0 Å². The van der Waals surface area contributed by atoms with Crippen LogP contribution in [0, 0.1) is 0 Å². The Morgan fingerprint density at radius 1 is 0.957 bits per heavy atom. The summed E-state index contributed by atoms with van der Waals surface area (Å²) in [5.41, 5.74) is 1.73. The first-order valence-electron chi connectivity index (χ1n) is 7.16. The Morgan fingerprint density at radius 2 is 1.78 bits per heavy atom. The summed E-state index contributed by atoms with van der Waals surface area (Å²) in [6, 6.07) is 15.6. The van der Waals surface area contributed by atoms with Crippen molar-refractivity contribution < 1.29 is 0 Å². The molecule has 0 saturated heterocycles. The van der Waals surface area contributed by atoms with Crippen LogP contribution in [0.3, 0.4) is 0 Å². The van der Waals surface area contributed by atoms with Crippen molar-refractivity contribution >= 4 is 11.6 Å². The van der Waals surface area contributed by atoms with E-state index >= 15 is 0 Å². The number of nitrogens with zero attached hydrogens (tertiary/aromatic N) is 8. The van der Waals surface area contributed by atoms with Gasteiger partial charge in [-0.1, -0.05) is 29.4 Å². The molecule has 8 heteroatoms. The minimum absolute atomic E-state index is 0.540. The second kappa shape index (κ2) is 5.48. The SMILES string of the molecule is CN(Cc1nnc2ccccn12)c1nnnn1-c1ccccc1. The van der Waals surface area contributed by atoms with Crippen LogP contribution in [-0.4, -0.2) is 41.9 Å². The van der Waals surface area contributed by atoms with E-state index < -0.39 is 0 Å². The molecule has 4 rings (SSSR count). The average Bonchev–Trinajstić information content (AvgIpc) is 3.23. The monoisotopic (exact) mass is 306 g/mol. The molecule has 1 aromatic carbocycles. The van der Waals surface area contributed by atoms with Gasteiger partial charge in [0.1, 0.15) is 0 Å². The lowest BCUT2D eigenvalue weighted by Crippen LogP contribution is -2.22. The molecule has 0 atom stereocenters. The fourth-order valence-corrected chi connectivity index (χ4v) is 2.44. The zero-order chi connectivity index (χ0) is 15.6. The number of rotatable bonds is 4. The van der Waals surface area contributed by atoms with E-state index in [1.165, 1.54) is 0 Å². The molecule has 0 saturated carbocycles. The Bertz CT molecular complexity index is 927. The lowest BCUT2D eigenvalue weighted by atomic mass is 10.3. The maximum absolute atomic E-state index is 4.24. The first-order valence-corrected chi connectivity index (χ1v) is 7.16. The quantitative estimate of drug-likeness (QED) is 0.566. The van der Waals surface area contributed by atoms with Crippen molar-refractivity contribution in [3.8, 4) is 5.69 Å². The standard InChI is InChI=1S/C15H14N8/c1-21(11-14-17-16-13-9-5-6-10-22(13)14)15-18-19-20-23(15)12-7-3-2-4-8-12/h2-10H,11H2,1H3. The van der Waals surface area contributed by atoms with Crippen LogP contribution in [0.25, 0.3) is 11.3 Å². The topological polar surface area (TPSA) is 77.0 Å². The molecule has 0 aliphatic heterocycles. The maximum atomic E-state index is 4.24. The van der Waals surface area contributed by atoms with Crippen LogP contribution in [0.5, 0.6) is 0 Å².